The van der Waals surface area contributed by atoms with Gasteiger partial charge in [-0.25, -0.2) is 0 Å². The van der Waals surface area contributed by atoms with Crippen molar-refractivity contribution >= 4 is 40.6 Å². The van der Waals surface area contributed by atoms with E-state index >= 15 is 0 Å². The van der Waals surface area contributed by atoms with Crippen LogP contribution in [0.3, 0.4) is 0 Å². The van der Waals surface area contributed by atoms with Crippen molar-refractivity contribution in [3.8, 4) is 0 Å². The van der Waals surface area contributed by atoms with E-state index in [0.29, 0.717) is 27.6 Å². The van der Waals surface area contributed by atoms with E-state index in [1.54, 1.807) is 30.3 Å². The predicted octanol–water partition coefficient (Wildman–Crippen LogP) is 4.78. The molecule has 1 aliphatic carbocycles. The molecule has 0 unspecified atom stereocenters. The van der Waals surface area contributed by atoms with E-state index < -0.39 is 5.91 Å². The molecule has 5 nitrogen and oxygen atoms in total. The molecule has 1 saturated carbocycles. The van der Waals surface area contributed by atoms with Crippen LogP contribution < -0.4 is 10.6 Å². The van der Waals surface area contributed by atoms with Crippen LogP contribution in [-0.4, -0.2) is 22.1 Å². The minimum atomic E-state index is -0.401. The van der Waals surface area contributed by atoms with Crippen LogP contribution in [0.2, 0.25) is 10.0 Å². The highest BCUT2D eigenvalue weighted by atomic mass is 35.5. The van der Waals surface area contributed by atoms with Gasteiger partial charge in [0.1, 0.15) is 5.82 Å². The Labute approximate surface area is 150 Å². The maximum Gasteiger partial charge on any atom is 0.276 e. The summed E-state index contributed by atoms with van der Waals surface area (Å²) in [5, 5.41) is 14.9. The van der Waals surface area contributed by atoms with Gasteiger partial charge in [0, 0.05) is 6.04 Å². The molecule has 2 aromatic rings. The van der Waals surface area contributed by atoms with Crippen LogP contribution in [-0.2, 0) is 0 Å². The van der Waals surface area contributed by atoms with Crippen LogP contribution in [0.4, 0.5) is 11.5 Å². The van der Waals surface area contributed by atoms with Gasteiger partial charge < -0.3 is 10.6 Å². The third-order valence-electron chi connectivity index (χ3n) is 4.06. The zero-order valence-corrected chi connectivity index (χ0v) is 14.6. The number of nitrogens with zero attached hydrogens (tertiary/aromatic N) is 2. The quantitative estimate of drug-likeness (QED) is 0.818. The van der Waals surface area contributed by atoms with Crippen molar-refractivity contribution in [2.75, 3.05) is 10.6 Å². The largest absolute Gasteiger partial charge is 0.366 e. The lowest BCUT2D eigenvalue weighted by Crippen LogP contribution is -2.23. The third kappa shape index (κ3) is 4.16. The van der Waals surface area contributed by atoms with E-state index in [0.717, 1.165) is 12.8 Å². The summed E-state index contributed by atoms with van der Waals surface area (Å²) in [5.41, 5.74) is 0.581. The zero-order chi connectivity index (χ0) is 16.9. The maximum absolute atomic E-state index is 12.3. The average molecular weight is 365 g/mol. The number of aromatic nitrogens is 2. The summed E-state index contributed by atoms with van der Waals surface area (Å²) in [6.07, 6.45) is 6.08. The Hall–Kier alpha value is -1.85. The van der Waals surface area contributed by atoms with Crippen LogP contribution in [0.25, 0.3) is 0 Å². The van der Waals surface area contributed by atoms with Crippen molar-refractivity contribution in [3.05, 3.63) is 46.1 Å². The lowest BCUT2D eigenvalue weighted by Gasteiger charge is -2.22. The fraction of sp³-hybridized carbons (Fsp3) is 0.353. The van der Waals surface area contributed by atoms with Crippen molar-refractivity contribution in [1.29, 1.82) is 0 Å². The number of hydrogen-bond donors (Lipinski definition) is 2. The average Bonchev–Trinajstić information content (AvgIpc) is 2.60. The summed E-state index contributed by atoms with van der Waals surface area (Å²) in [6, 6.07) is 8.88. The van der Waals surface area contributed by atoms with Crippen LogP contribution >= 0.6 is 23.2 Å². The summed E-state index contributed by atoms with van der Waals surface area (Å²) in [6.45, 7) is 0. The summed E-state index contributed by atoms with van der Waals surface area (Å²) in [7, 11) is 0. The molecule has 1 fully saturated rings. The first-order valence-electron chi connectivity index (χ1n) is 7.99. The second-order valence-electron chi connectivity index (χ2n) is 5.83. The molecule has 7 heteroatoms. The second-order valence-corrected chi connectivity index (χ2v) is 6.65. The molecule has 3 rings (SSSR count). The number of anilines is 2. The lowest BCUT2D eigenvalue weighted by molar-refractivity contribution is 0.102. The minimum Gasteiger partial charge on any atom is -0.366 e. The molecular weight excluding hydrogens is 347 g/mol. The minimum absolute atomic E-state index is 0.209. The molecular formula is C17H18Cl2N4O. The molecule has 1 amide bonds. The Bertz CT molecular complexity index is 695. The summed E-state index contributed by atoms with van der Waals surface area (Å²) in [5.74, 6) is 0.288. The van der Waals surface area contributed by atoms with E-state index in [4.69, 9.17) is 23.2 Å². The van der Waals surface area contributed by atoms with Gasteiger partial charge >= 0.3 is 0 Å². The fourth-order valence-corrected chi connectivity index (χ4v) is 3.27. The molecule has 0 saturated heterocycles. The van der Waals surface area contributed by atoms with Gasteiger partial charge in [0.05, 0.1) is 15.7 Å². The second kappa shape index (κ2) is 7.81. The number of nitrogens with one attached hydrogen (secondary N) is 2. The van der Waals surface area contributed by atoms with Crippen LogP contribution in [0, 0.1) is 0 Å². The Balaban J connectivity index is 1.65. The van der Waals surface area contributed by atoms with Crippen LogP contribution in [0.5, 0.6) is 0 Å². The molecule has 0 spiro atoms. The van der Waals surface area contributed by atoms with Crippen molar-refractivity contribution in [1.82, 2.24) is 10.2 Å². The zero-order valence-electron chi connectivity index (χ0n) is 13.1. The highest BCUT2D eigenvalue weighted by Crippen LogP contribution is 2.30. The van der Waals surface area contributed by atoms with E-state index in [2.05, 4.69) is 20.8 Å². The first-order chi connectivity index (χ1) is 11.6. The molecule has 1 aromatic carbocycles. The Morgan fingerprint density at radius 3 is 2.33 bits per heavy atom. The van der Waals surface area contributed by atoms with Gasteiger partial charge in [-0.2, -0.15) is 0 Å². The van der Waals surface area contributed by atoms with Crippen molar-refractivity contribution in [3.63, 3.8) is 0 Å². The monoisotopic (exact) mass is 364 g/mol. The Morgan fingerprint density at radius 1 is 1.00 bits per heavy atom. The van der Waals surface area contributed by atoms with Gasteiger partial charge in [0.25, 0.3) is 5.91 Å². The Kier molecular flexibility index (Phi) is 5.53. The van der Waals surface area contributed by atoms with Gasteiger partial charge in [-0.05, 0) is 37.1 Å². The number of amides is 1. The molecule has 1 aliphatic rings. The topological polar surface area (TPSA) is 66.9 Å². The molecule has 0 atom stereocenters. The summed E-state index contributed by atoms with van der Waals surface area (Å²) < 4.78 is 0. The van der Waals surface area contributed by atoms with Gasteiger partial charge in [0.15, 0.2) is 5.69 Å². The number of carbonyl (C=O) groups is 1. The van der Waals surface area contributed by atoms with Crippen molar-refractivity contribution in [2.45, 2.75) is 38.1 Å². The number of hydrogen-bond acceptors (Lipinski definition) is 4. The predicted molar refractivity (Wildman–Crippen MR) is 96.9 cm³/mol. The van der Waals surface area contributed by atoms with Gasteiger partial charge in [-0.15, -0.1) is 10.2 Å². The summed E-state index contributed by atoms with van der Waals surface area (Å²) >= 11 is 12.1. The van der Waals surface area contributed by atoms with Gasteiger partial charge in [-0.3, -0.25) is 4.79 Å². The lowest BCUT2D eigenvalue weighted by atomic mass is 9.95. The molecule has 0 bridgehead atoms. The van der Waals surface area contributed by atoms with E-state index in [-0.39, 0.29) is 5.69 Å². The molecule has 126 valence electrons. The fourth-order valence-electron chi connectivity index (χ4n) is 2.78. The summed E-state index contributed by atoms with van der Waals surface area (Å²) in [4.78, 5) is 12.3. The normalized spacial score (nSPS) is 15.1. The number of carbonyl (C=O) groups excluding carboxylic acids is 1. The molecule has 1 aromatic heterocycles. The molecule has 0 aliphatic heterocycles. The SMILES string of the molecule is O=C(Nc1c(Cl)cccc1Cl)c1ccc(NC2CCCCC2)nn1. The van der Waals surface area contributed by atoms with E-state index in [1.165, 1.54) is 19.3 Å². The Morgan fingerprint density at radius 2 is 1.71 bits per heavy atom. The highest BCUT2D eigenvalue weighted by molar-refractivity contribution is 6.39. The molecule has 0 radical (unpaired) electrons. The number of benzene rings is 1. The maximum atomic E-state index is 12.3. The highest BCUT2D eigenvalue weighted by Gasteiger charge is 2.15. The standard InChI is InChI=1S/C17H18Cl2N4O/c18-12-7-4-8-13(19)16(12)21-17(24)14-9-10-15(23-22-14)20-11-5-2-1-3-6-11/h4,7-11H,1-3,5-6H2,(H,20,23)(H,21,24). The molecule has 2 N–H and O–H groups in total. The molecule has 24 heavy (non-hydrogen) atoms. The number of halogens is 2. The molecule has 1 heterocycles. The van der Waals surface area contributed by atoms with E-state index in [9.17, 15) is 4.79 Å². The number of rotatable bonds is 4. The van der Waals surface area contributed by atoms with Crippen molar-refractivity contribution < 1.29 is 4.79 Å². The van der Waals surface area contributed by atoms with Crippen LogP contribution in [0.15, 0.2) is 30.3 Å². The number of para-hydroxylation sites is 1. The van der Waals surface area contributed by atoms with Crippen LogP contribution in [0.1, 0.15) is 42.6 Å². The third-order valence-corrected chi connectivity index (χ3v) is 4.69. The van der Waals surface area contributed by atoms with E-state index in [1.807, 2.05) is 0 Å². The van der Waals surface area contributed by atoms with Crippen molar-refractivity contribution in [2.24, 2.45) is 0 Å². The first-order valence-corrected chi connectivity index (χ1v) is 8.75. The first kappa shape index (κ1) is 17.0. The van der Waals surface area contributed by atoms with Gasteiger partial charge in [-0.1, -0.05) is 48.5 Å². The smallest absolute Gasteiger partial charge is 0.276 e. The van der Waals surface area contributed by atoms with Gasteiger partial charge in [0.2, 0.25) is 0 Å².